The second-order valence-corrected chi connectivity index (χ2v) is 6.24. The molecule has 0 fully saturated rings. The number of urea groups is 1. The van der Waals surface area contributed by atoms with E-state index in [-0.39, 0.29) is 17.0 Å². The van der Waals surface area contributed by atoms with Crippen LogP contribution in [0.3, 0.4) is 0 Å². The highest BCUT2D eigenvalue weighted by Crippen LogP contribution is 2.21. The Balaban J connectivity index is 2.06. The van der Waals surface area contributed by atoms with E-state index in [1.54, 1.807) is 30.3 Å². The summed E-state index contributed by atoms with van der Waals surface area (Å²) in [6.07, 6.45) is 1.26. The van der Waals surface area contributed by atoms with Gasteiger partial charge in [0, 0.05) is 22.1 Å². The molecule has 130 valence electrons. The van der Waals surface area contributed by atoms with Crippen molar-refractivity contribution in [3.8, 4) is 0 Å². The Morgan fingerprint density at radius 2 is 1.72 bits per heavy atom. The van der Waals surface area contributed by atoms with Crippen molar-refractivity contribution in [3.63, 3.8) is 0 Å². The smallest absolute Gasteiger partial charge is 0.337 e. The molecule has 3 N–H and O–H groups in total. The molecule has 0 saturated heterocycles. The summed E-state index contributed by atoms with van der Waals surface area (Å²) in [7, 11) is 0. The molecular formula is C18H17BrN2O4. The van der Waals surface area contributed by atoms with Gasteiger partial charge in [-0.2, -0.15) is 0 Å². The molecule has 2 rings (SSSR count). The van der Waals surface area contributed by atoms with E-state index < -0.39 is 12.0 Å². The molecule has 2 aromatic rings. The minimum Gasteiger partial charge on any atom is -0.478 e. The number of ketones is 1. The first-order valence-electron chi connectivity index (χ1n) is 7.65. The maximum Gasteiger partial charge on any atom is 0.337 e. The van der Waals surface area contributed by atoms with E-state index in [4.69, 9.17) is 0 Å². The molecule has 0 saturated carbocycles. The van der Waals surface area contributed by atoms with Crippen LogP contribution in [0.15, 0.2) is 46.9 Å². The van der Waals surface area contributed by atoms with Crippen LogP contribution in [-0.4, -0.2) is 22.9 Å². The lowest BCUT2D eigenvalue weighted by Gasteiger charge is -2.10. The van der Waals surface area contributed by atoms with E-state index in [0.29, 0.717) is 22.1 Å². The molecule has 25 heavy (non-hydrogen) atoms. The molecule has 0 aromatic heterocycles. The second-order valence-electron chi connectivity index (χ2n) is 5.32. The van der Waals surface area contributed by atoms with Crippen molar-refractivity contribution in [1.82, 2.24) is 0 Å². The van der Waals surface area contributed by atoms with Crippen LogP contribution < -0.4 is 10.6 Å². The molecule has 0 radical (unpaired) electrons. The summed E-state index contributed by atoms with van der Waals surface area (Å²) in [6, 6.07) is 10.5. The van der Waals surface area contributed by atoms with Crippen LogP contribution in [0.4, 0.5) is 16.2 Å². The average molecular weight is 405 g/mol. The minimum absolute atomic E-state index is 0.0231. The second kappa shape index (κ2) is 8.43. The zero-order valence-corrected chi connectivity index (χ0v) is 15.1. The van der Waals surface area contributed by atoms with Gasteiger partial charge in [-0.05, 0) is 48.9 Å². The maximum absolute atomic E-state index is 12.1. The molecule has 0 aliphatic rings. The number of rotatable bonds is 6. The van der Waals surface area contributed by atoms with Crippen molar-refractivity contribution >= 4 is 45.1 Å². The van der Waals surface area contributed by atoms with Crippen LogP contribution in [0, 0.1) is 0 Å². The third kappa shape index (κ3) is 5.15. The van der Waals surface area contributed by atoms with Gasteiger partial charge in [0.1, 0.15) is 0 Å². The quantitative estimate of drug-likeness (QED) is 0.603. The number of benzene rings is 2. The Kier molecular flexibility index (Phi) is 6.30. The van der Waals surface area contributed by atoms with Crippen molar-refractivity contribution in [1.29, 1.82) is 0 Å². The van der Waals surface area contributed by atoms with Crippen molar-refractivity contribution < 1.29 is 19.5 Å². The lowest BCUT2D eigenvalue weighted by Crippen LogP contribution is -2.21. The first-order chi connectivity index (χ1) is 11.9. The molecular weight excluding hydrogens is 388 g/mol. The molecule has 6 nitrogen and oxygen atoms in total. The first-order valence-corrected chi connectivity index (χ1v) is 8.44. The first kappa shape index (κ1) is 18.7. The normalized spacial score (nSPS) is 10.2. The number of amides is 2. The summed E-state index contributed by atoms with van der Waals surface area (Å²) in [5.41, 5.74) is 1.25. The molecule has 2 amide bonds. The van der Waals surface area contributed by atoms with Gasteiger partial charge in [0.25, 0.3) is 0 Å². The van der Waals surface area contributed by atoms with Crippen molar-refractivity contribution in [2.75, 3.05) is 10.6 Å². The zero-order valence-electron chi connectivity index (χ0n) is 13.5. The third-order valence-electron chi connectivity index (χ3n) is 3.40. The number of carbonyl (C=O) groups excluding carboxylic acids is 2. The van der Waals surface area contributed by atoms with Gasteiger partial charge >= 0.3 is 12.0 Å². The SMILES string of the molecule is CCCC(=O)c1ccc(NC(=O)Nc2ccc(Br)cc2C(=O)O)cc1. The number of hydrogen-bond donors (Lipinski definition) is 3. The van der Waals surface area contributed by atoms with E-state index in [1.165, 1.54) is 12.1 Å². The van der Waals surface area contributed by atoms with Gasteiger partial charge in [-0.25, -0.2) is 9.59 Å². The molecule has 0 bridgehead atoms. The average Bonchev–Trinajstić information content (AvgIpc) is 2.57. The fourth-order valence-corrected chi connectivity index (χ4v) is 2.56. The highest BCUT2D eigenvalue weighted by Gasteiger charge is 2.13. The van der Waals surface area contributed by atoms with Crippen LogP contribution in [0.5, 0.6) is 0 Å². The van der Waals surface area contributed by atoms with Gasteiger partial charge in [0.05, 0.1) is 11.3 Å². The van der Waals surface area contributed by atoms with Gasteiger partial charge in [-0.15, -0.1) is 0 Å². The minimum atomic E-state index is -1.14. The van der Waals surface area contributed by atoms with Crippen molar-refractivity contribution in [2.24, 2.45) is 0 Å². The summed E-state index contributed by atoms with van der Waals surface area (Å²) in [5.74, 6) is -1.09. The Labute approximate surface area is 153 Å². The number of aromatic carboxylic acids is 1. The number of Topliss-reactive ketones (excluding diaryl/α,β-unsaturated/α-hetero) is 1. The molecule has 0 aliphatic carbocycles. The van der Waals surface area contributed by atoms with Gasteiger partial charge in [-0.3, -0.25) is 4.79 Å². The molecule has 0 atom stereocenters. The largest absolute Gasteiger partial charge is 0.478 e. The number of carbonyl (C=O) groups is 3. The number of halogens is 1. The number of carboxylic acids is 1. The number of hydrogen-bond acceptors (Lipinski definition) is 3. The topological polar surface area (TPSA) is 95.5 Å². The van der Waals surface area contributed by atoms with Crippen LogP contribution in [0.2, 0.25) is 0 Å². The third-order valence-corrected chi connectivity index (χ3v) is 3.90. The van der Waals surface area contributed by atoms with Crippen LogP contribution >= 0.6 is 15.9 Å². The van der Waals surface area contributed by atoms with E-state index in [9.17, 15) is 19.5 Å². The molecule has 7 heteroatoms. The van der Waals surface area contributed by atoms with Crippen molar-refractivity contribution in [2.45, 2.75) is 19.8 Å². The summed E-state index contributed by atoms with van der Waals surface area (Å²) in [5, 5.41) is 14.3. The summed E-state index contributed by atoms with van der Waals surface area (Å²) >= 11 is 3.19. The lowest BCUT2D eigenvalue weighted by molar-refractivity contribution is 0.0697. The molecule has 2 aromatic carbocycles. The van der Waals surface area contributed by atoms with E-state index >= 15 is 0 Å². The molecule has 0 heterocycles. The van der Waals surface area contributed by atoms with Gasteiger partial charge in [-0.1, -0.05) is 22.9 Å². The monoisotopic (exact) mass is 404 g/mol. The summed E-state index contributed by atoms with van der Waals surface area (Å²) in [6.45, 7) is 1.94. The van der Waals surface area contributed by atoms with Crippen LogP contribution in [-0.2, 0) is 0 Å². The standard InChI is InChI=1S/C18H17BrN2O4/c1-2-3-16(22)11-4-7-13(8-5-11)20-18(25)21-15-9-6-12(19)10-14(15)17(23)24/h4-10H,2-3H2,1H3,(H,23,24)(H2,20,21,25). The fraction of sp³-hybridized carbons (Fsp3) is 0.167. The zero-order chi connectivity index (χ0) is 18.4. The highest BCUT2D eigenvalue weighted by molar-refractivity contribution is 9.10. The van der Waals surface area contributed by atoms with Crippen LogP contribution in [0.1, 0.15) is 40.5 Å². The van der Waals surface area contributed by atoms with E-state index in [1.807, 2.05) is 6.92 Å². The number of carboxylic acid groups (broad SMARTS) is 1. The van der Waals surface area contributed by atoms with Crippen molar-refractivity contribution in [3.05, 3.63) is 58.1 Å². The Morgan fingerprint density at radius 3 is 2.32 bits per heavy atom. The summed E-state index contributed by atoms with van der Waals surface area (Å²) in [4.78, 5) is 35.1. The van der Waals surface area contributed by atoms with Gasteiger partial charge < -0.3 is 15.7 Å². The van der Waals surface area contributed by atoms with Gasteiger partial charge in [0.2, 0.25) is 0 Å². The number of nitrogens with one attached hydrogen (secondary N) is 2. The Bertz CT molecular complexity index is 803. The predicted octanol–water partition coefficient (Wildman–Crippen LogP) is 4.77. The van der Waals surface area contributed by atoms with Gasteiger partial charge in [0.15, 0.2) is 5.78 Å². The summed E-state index contributed by atoms with van der Waals surface area (Å²) < 4.78 is 0.600. The Morgan fingerprint density at radius 1 is 1.04 bits per heavy atom. The molecule has 0 spiro atoms. The molecule has 0 unspecified atom stereocenters. The highest BCUT2D eigenvalue weighted by atomic mass is 79.9. The van der Waals surface area contributed by atoms with E-state index in [0.717, 1.165) is 6.42 Å². The van der Waals surface area contributed by atoms with E-state index in [2.05, 4.69) is 26.6 Å². The lowest BCUT2D eigenvalue weighted by atomic mass is 10.1. The molecule has 0 aliphatic heterocycles. The van der Waals surface area contributed by atoms with Crippen LogP contribution in [0.25, 0.3) is 0 Å². The Hall–Kier alpha value is -2.67. The predicted molar refractivity (Wildman–Crippen MR) is 99.4 cm³/mol. The number of anilines is 2. The fourth-order valence-electron chi connectivity index (χ4n) is 2.20. The maximum atomic E-state index is 12.1.